The summed E-state index contributed by atoms with van der Waals surface area (Å²) in [6, 6.07) is 7.17. The lowest BCUT2D eigenvalue weighted by molar-refractivity contribution is -0.149. The molecule has 0 bridgehead atoms. The molecule has 1 aliphatic heterocycles. The Balaban J connectivity index is 1.51. The van der Waals surface area contributed by atoms with E-state index in [1.165, 1.54) is 18.1 Å². The third-order valence-electron chi connectivity index (χ3n) is 4.18. The predicted octanol–water partition coefficient (Wildman–Crippen LogP) is 0.453. The number of nitrogens with zero attached hydrogens (tertiary/aromatic N) is 5. The molecule has 0 spiro atoms. The maximum absolute atomic E-state index is 12.3. The lowest BCUT2D eigenvalue weighted by atomic mass is 9.97. The van der Waals surface area contributed by atoms with Crippen molar-refractivity contribution in [2.75, 3.05) is 26.8 Å². The SMILES string of the molecule is COC(=O)C1CCN(C(=O)COc2cccc(-n3cnnn3)c2)CC1. The summed E-state index contributed by atoms with van der Waals surface area (Å²) in [7, 11) is 1.39. The molecule has 1 aromatic carbocycles. The number of benzene rings is 1. The second kappa shape index (κ2) is 7.73. The van der Waals surface area contributed by atoms with Gasteiger partial charge in [0.2, 0.25) is 0 Å². The molecule has 0 radical (unpaired) electrons. The van der Waals surface area contributed by atoms with Crippen LogP contribution in [0.2, 0.25) is 0 Å². The average Bonchev–Trinajstić information content (AvgIpc) is 3.20. The van der Waals surface area contributed by atoms with Gasteiger partial charge < -0.3 is 14.4 Å². The maximum Gasteiger partial charge on any atom is 0.308 e. The number of hydrogen-bond acceptors (Lipinski definition) is 7. The van der Waals surface area contributed by atoms with Gasteiger partial charge in [0.25, 0.3) is 5.91 Å². The maximum atomic E-state index is 12.3. The van der Waals surface area contributed by atoms with Crippen molar-refractivity contribution in [3.05, 3.63) is 30.6 Å². The molecule has 1 fully saturated rings. The highest BCUT2D eigenvalue weighted by Gasteiger charge is 2.27. The van der Waals surface area contributed by atoms with Crippen molar-refractivity contribution in [2.24, 2.45) is 5.92 Å². The van der Waals surface area contributed by atoms with Crippen molar-refractivity contribution in [1.82, 2.24) is 25.1 Å². The molecule has 1 aliphatic rings. The van der Waals surface area contributed by atoms with E-state index in [9.17, 15) is 9.59 Å². The summed E-state index contributed by atoms with van der Waals surface area (Å²) in [6.07, 6.45) is 2.72. The van der Waals surface area contributed by atoms with Crippen LogP contribution in [0.1, 0.15) is 12.8 Å². The molecule has 3 rings (SSSR count). The zero-order chi connectivity index (χ0) is 17.6. The fraction of sp³-hybridized carbons (Fsp3) is 0.438. The number of rotatable bonds is 5. The molecule has 0 aliphatic carbocycles. The highest BCUT2D eigenvalue weighted by Crippen LogP contribution is 2.19. The van der Waals surface area contributed by atoms with Gasteiger partial charge in [-0.25, -0.2) is 4.68 Å². The smallest absolute Gasteiger partial charge is 0.308 e. The van der Waals surface area contributed by atoms with Gasteiger partial charge in [-0.2, -0.15) is 0 Å². The first-order valence-electron chi connectivity index (χ1n) is 7.99. The zero-order valence-electron chi connectivity index (χ0n) is 13.9. The molecule has 0 atom stereocenters. The van der Waals surface area contributed by atoms with Crippen LogP contribution in [0.25, 0.3) is 5.69 Å². The van der Waals surface area contributed by atoms with Crippen LogP contribution in [-0.4, -0.2) is 63.8 Å². The molecule has 132 valence electrons. The molecule has 2 heterocycles. The van der Waals surface area contributed by atoms with Crippen molar-refractivity contribution < 1.29 is 19.1 Å². The Labute approximate surface area is 144 Å². The summed E-state index contributed by atoms with van der Waals surface area (Å²) < 4.78 is 11.8. The third-order valence-corrected chi connectivity index (χ3v) is 4.18. The first-order chi connectivity index (χ1) is 12.2. The fourth-order valence-electron chi connectivity index (χ4n) is 2.76. The van der Waals surface area contributed by atoms with E-state index in [0.717, 1.165) is 5.69 Å². The van der Waals surface area contributed by atoms with Crippen LogP contribution in [0.3, 0.4) is 0 Å². The number of carbonyl (C=O) groups excluding carboxylic acids is 2. The standard InChI is InChI=1S/C16H19N5O4/c1-24-16(23)12-5-7-20(8-6-12)15(22)10-25-14-4-2-3-13(9-14)21-11-17-18-19-21/h2-4,9,11-12H,5-8,10H2,1H3. The van der Waals surface area contributed by atoms with Gasteiger partial charge in [-0.15, -0.1) is 5.10 Å². The summed E-state index contributed by atoms with van der Waals surface area (Å²) >= 11 is 0. The lowest BCUT2D eigenvalue weighted by Crippen LogP contribution is -2.42. The Kier molecular flexibility index (Phi) is 5.22. The van der Waals surface area contributed by atoms with Crippen LogP contribution in [0.15, 0.2) is 30.6 Å². The Morgan fingerprint density at radius 3 is 2.76 bits per heavy atom. The Morgan fingerprint density at radius 1 is 1.28 bits per heavy atom. The topological polar surface area (TPSA) is 99.4 Å². The first kappa shape index (κ1) is 16.9. The number of hydrogen-bond donors (Lipinski definition) is 0. The van der Waals surface area contributed by atoms with Crippen LogP contribution in [0, 0.1) is 5.92 Å². The third kappa shape index (κ3) is 4.11. The van der Waals surface area contributed by atoms with E-state index in [4.69, 9.17) is 9.47 Å². The van der Waals surface area contributed by atoms with Gasteiger partial charge in [-0.1, -0.05) is 6.07 Å². The fourth-order valence-corrected chi connectivity index (χ4v) is 2.76. The summed E-state index contributed by atoms with van der Waals surface area (Å²) in [6.45, 7) is 1.02. The molecule has 9 heteroatoms. The molecule has 0 N–H and O–H groups in total. The summed E-state index contributed by atoms with van der Waals surface area (Å²) in [5, 5.41) is 11.0. The number of esters is 1. The van der Waals surface area contributed by atoms with Crippen LogP contribution in [0.4, 0.5) is 0 Å². The predicted molar refractivity (Wildman–Crippen MR) is 86.0 cm³/mol. The van der Waals surface area contributed by atoms with Gasteiger partial charge in [0.05, 0.1) is 18.7 Å². The summed E-state index contributed by atoms with van der Waals surface area (Å²) in [5.74, 6) is 0.132. The number of likely N-dealkylation sites (tertiary alicyclic amines) is 1. The van der Waals surface area contributed by atoms with Crippen LogP contribution < -0.4 is 4.74 Å². The van der Waals surface area contributed by atoms with E-state index in [1.54, 1.807) is 23.1 Å². The van der Waals surface area contributed by atoms with E-state index in [1.807, 2.05) is 6.07 Å². The van der Waals surface area contributed by atoms with E-state index in [-0.39, 0.29) is 24.4 Å². The van der Waals surface area contributed by atoms with E-state index in [2.05, 4.69) is 15.5 Å². The second-order valence-corrected chi connectivity index (χ2v) is 5.72. The van der Waals surface area contributed by atoms with Crippen molar-refractivity contribution in [2.45, 2.75) is 12.8 Å². The minimum atomic E-state index is -0.206. The number of aromatic nitrogens is 4. The van der Waals surface area contributed by atoms with Crippen LogP contribution in [-0.2, 0) is 14.3 Å². The van der Waals surface area contributed by atoms with Crippen LogP contribution >= 0.6 is 0 Å². The van der Waals surface area contributed by atoms with E-state index in [0.29, 0.717) is 31.7 Å². The highest BCUT2D eigenvalue weighted by atomic mass is 16.5. The van der Waals surface area contributed by atoms with Gasteiger partial charge in [-0.3, -0.25) is 9.59 Å². The number of piperidine rings is 1. The Hall–Kier alpha value is -2.97. The summed E-state index contributed by atoms with van der Waals surface area (Å²) in [4.78, 5) is 25.5. The monoisotopic (exact) mass is 345 g/mol. The van der Waals surface area contributed by atoms with Crippen molar-refractivity contribution >= 4 is 11.9 Å². The second-order valence-electron chi connectivity index (χ2n) is 5.72. The average molecular weight is 345 g/mol. The molecular formula is C16H19N5O4. The Morgan fingerprint density at radius 2 is 2.08 bits per heavy atom. The van der Waals surface area contributed by atoms with Crippen LogP contribution in [0.5, 0.6) is 5.75 Å². The number of methoxy groups -OCH3 is 1. The highest BCUT2D eigenvalue weighted by molar-refractivity contribution is 5.78. The number of tetrazole rings is 1. The molecule has 1 saturated heterocycles. The largest absolute Gasteiger partial charge is 0.484 e. The van der Waals surface area contributed by atoms with Gasteiger partial charge in [-0.05, 0) is 35.4 Å². The summed E-state index contributed by atoms with van der Waals surface area (Å²) in [5.41, 5.74) is 0.744. The van der Waals surface area contributed by atoms with Crippen molar-refractivity contribution in [3.8, 4) is 11.4 Å². The molecule has 9 nitrogen and oxygen atoms in total. The quantitative estimate of drug-likeness (QED) is 0.726. The minimum Gasteiger partial charge on any atom is -0.484 e. The minimum absolute atomic E-state index is 0.0536. The number of amides is 1. The molecule has 2 aromatic rings. The van der Waals surface area contributed by atoms with E-state index < -0.39 is 0 Å². The normalized spacial score (nSPS) is 15.0. The zero-order valence-corrected chi connectivity index (χ0v) is 13.9. The van der Waals surface area contributed by atoms with Crippen molar-refractivity contribution in [3.63, 3.8) is 0 Å². The molecule has 0 unspecified atom stereocenters. The van der Waals surface area contributed by atoms with Crippen molar-refractivity contribution in [1.29, 1.82) is 0 Å². The Bertz CT molecular complexity index is 726. The first-order valence-corrected chi connectivity index (χ1v) is 7.99. The van der Waals surface area contributed by atoms with Gasteiger partial charge >= 0.3 is 5.97 Å². The molecule has 0 saturated carbocycles. The lowest BCUT2D eigenvalue weighted by Gasteiger charge is -2.30. The van der Waals surface area contributed by atoms with Gasteiger partial charge in [0.1, 0.15) is 12.1 Å². The number of carbonyl (C=O) groups is 2. The van der Waals surface area contributed by atoms with E-state index >= 15 is 0 Å². The van der Waals surface area contributed by atoms with Gasteiger partial charge in [0, 0.05) is 19.2 Å². The molecular weight excluding hydrogens is 326 g/mol. The van der Waals surface area contributed by atoms with Gasteiger partial charge in [0.15, 0.2) is 6.61 Å². The number of ether oxygens (including phenoxy) is 2. The molecule has 1 aromatic heterocycles. The molecule has 25 heavy (non-hydrogen) atoms. The molecule has 1 amide bonds.